The molecule has 0 aliphatic carbocycles. The van der Waals surface area contributed by atoms with Gasteiger partial charge in [0, 0.05) is 13.1 Å². The number of amides is 1. The van der Waals surface area contributed by atoms with Crippen LogP contribution in [0.5, 0.6) is 0 Å². The smallest absolute Gasteiger partial charge is 0.255 e. The molecule has 2 rings (SSSR count). The number of hydrogen-bond donors (Lipinski definition) is 1. The Morgan fingerprint density at radius 2 is 2.05 bits per heavy atom. The van der Waals surface area contributed by atoms with E-state index >= 15 is 0 Å². The molecule has 0 aromatic carbocycles. The van der Waals surface area contributed by atoms with Gasteiger partial charge in [-0.3, -0.25) is 9.78 Å². The van der Waals surface area contributed by atoms with Crippen molar-refractivity contribution < 1.29 is 4.79 Å². The molecule has 4 heteroatoms. The molecule has 19 heavy (non-hydrogen) atoms. The molecule has 0 unspecified atom stereocenters. The number of anilines is 1. The summed E-state index contributed by atoms with van der Waals surface area (Å²) in [4.78, 5) is 18.6. The van der Waals surface area contributed by atoms with Gasteiger partial charge >= 0.3 is 0 Å². The van der Waals surface area contributed by atoms with Crippen molar-refractivity contribution in [1.29, 1.82) is 0 Å². The zero-order valence-corrected chi connectivity index (χ0v) is 12.0. The third-order valence-electron chi connectivity index (χ3n) is 4.11. The summed E-state index contributed by atoms with van der Waals surface area (Å²) in [5, 5.41) is 0. The van der Waals surface area contributed by atoms with E-state index in [9.17, 15) is 4.79 Å². The molecule has 0 spiro atoms. The number of nitrogens with two attached hydrogens (primary N) is 1. The van der Waals surface area contributed by atoms with Crippen LogP contribution in [0.25, 0.3) is 0 Å². The summed E-state index contributed by atoms with van der Waals surface area (Å²) >= 11 is 0. The van der Waals surface area contributed by atoms with Crippen LogP contribution in [0.4, 0.5) is 5.69 Å². The van der Waals surface area contributed by atoms with Crippen LogP contribution in [0, 0.1) is 18.8 Å². The SMILES string of the molecule is Cc1ncc(N)cc1C(=O)N1CCC(C(C)C)CC1. The maximum atomic E-state index is 12.5. The zero-order chi connectivity index (χ0) is 14.0. The summed E-state index contributed by atoms with van der Waals surface area (Å²) < 4.78 is 0. The average molecular weight is 261 g/mol. The fourth-order valence-corrected chi connectivity index (χ4v) is 2.71. The Kier molecular flexibility index (Phi) is 4.08. The van der Waals surface area contributed by atoms with Gasteiger partial charge in [-0.1, -0.05) is 13.8 Å². The van der Waals surface area contributed by atoms with Crippen molar-refractivity contribution >= 4 is 11.6 Å². The van der Waals surface area contributed by atoms with Crippen molar-refractivity contribution in [1.82, 2.24) is 9.88 Å². The lowest BCUT2D eigenvalue weighted by Crippen LogP contribution is -2.39. The monoisotopic (exact) mass is 261 g/mol. The van der Waals surface area contributed by atoms with Crippen LogP contribution in [0.1, 0.15) is 42.7 Å². The molecule has 1 amide bonds. The second-order valence-electron chi connectivity index (χ2n) is 5.78. The maximum Gasteiger partial charge on any atom is 0.255 e. The zero-order valence-electron chi connectivity index (χ0n) is 12.0. The predicted octanol–water partition coefficient (Wildman–Crippen LogP) is 2.48. The number of likely N-dealkylation sites (tertiary alicyclic amines) is 1. The molecule has 0 bridgehead atoms. The van der Waals surface area contributed by atoms with E-state index < -0.39 is 0 Å². The molecule has 1 aliphatic heterocycles. The van der Waals surface area contributed by atoms with Gasteiger partial charge in [-0.2, -0.15) is 0 Å². The number of hydrogen-bond acceptors (Lipinski definition) is 3. The first-order valence-corrected chi connectivity index (χ1v) is 7.00. The fourth-order valence-electron chi connectivity index (χ4n) is 2.71. The first kappa shape index (κ1) is 13.8. The Balaban J connectivity index is 2.07. The fraction of sp³-hybridized carbons (Fsp3) is 0.600. The van der Waals surface area contributed by atoms with Gasteiger partial charge in [0.2, 0.25) is 0 Å². The quantitative estimate of drug-likeness (QED) is 0.889. The minimum Gasteiger partial charge on any atom is -0.397 e. The van der Waals surface area contributed by atoms with E-state index in [1.165, 1.54) is 0 Å². The minimum atomic E-state index is 0.0690. The predicted molar refractivity (Wildman–Crippen MR) is 76.9 cm³/mol. The minimum absolute atomic E-state index is 0.0690. The second kappa shape index (κ2) is 5.59. The standard InChI is InChI=1S/C15H23N3O/c1-10(2)12-4-6-18(7-5-12)15(19)14-8-13(16)9-17-11(14)3/h8-10,12H,4-7,16H2,1-3H3. The Hall–Kier alpha value is -1.58. The number of nitrogen functional groups attached to an aromatic ring is 1. The van der Waals surface area contributed by atoms with E-state index in [1.807, 2.05) is 11.8 Å². The molecule has 1 aromatic heterocycles. The summed E-state index contributed by atoms with van der Waals surface area (Å²) in [6, 6.07) is 1.74. The second-order valence-corrected chi connectivity index (χ2v) is 5.78. The molecular weight excluding hydrogens is 238 g/mol. The molecule has 0 saturated carbocycles. The van der Waals surface area contributed by atoms with Gasteiger partial charge in [-0.25, -0.2) is 0 Å². The lowest BCUT2D eigenvalue weighted by Gasteiger charge is -2.34. The molecule has 104 valence electrons. The average Bonchev–Trinajstić information content (AvgIpc) is 2.41. The number of rotatable bonds is 2. The largest absolute Gasteiger partial charge is 0.397 e. The van der Waals surface area contributed by atoms with Gasteiger partial charge in [0.05, 0.1) is 23.1 Å². The number of carbonyl (C=O) groups excluding carboxylic acids is 1. The lowest BCUT2D eigenvalue weighted by atomic mass is 9.86. The third-order valence-corrected chi connectivity index (χ3v) is 4.11. The van der Waals surface area contributed by atoms with E-state index in [0.717, 1.165) is 37.5 Å². The van der Waals surface area contributed by atoms with Crippen LogP contribution >= 0.6 is 0 Å². The topological polar surface area (TPSA) is 59.2 Å². The molecule has 2 heterocycles. The normalized spacial score (nSPS) is 16.9. The van der Waals surface area contributed by atoms with Gasteiger partial charge in [0.25, 0.3) is 5.91 Å². The number of aryl methyl sites for hydroxylation is 1. The number of aromatic nitrogens is 1. The summed E-state index contributed by atoms with van der Waals surface area (Å²) in [7, 11) is 0. The summed E-state index contributed by atoms with van der Waals surface area (Å²) in [6.07, 6.45) is 3.79. The van der Waals surface area contributed by atoms with E-state index in [2.05, 4.69) is 18.8 Å². The van der Waals surface area contributed by atoms with E-state index in [0.29, 0.717) is 17.2 Å². The summed E-state index contributed by atoms with van der Waals surface area (Å²) in [6.45, 7) is 8.06. The van der Waals surface area contributed by atoms with E-state index in [-0.39, 0.29) is 5.91 Å². The highest BCUT2D eigenvalue weighted by atomic mass is 16.2. The number of pyridine rings is 1. The van der Waals surface area contributed by atoms with Crippen LogP contribution in [0.15, 0.2) is 12.3 Å². The first-order chi connectivity index (χ1) is 8.99. The first-order valence-electron chi connectivity index (χ1n) is 7.00. The Labute approximate surface area is 115 Å². The van der Waals surface area contributed by atoms with Crippen molar-refractivity contribution in [3.63, 3.8) is 0 Å². The van der Waals surface area contributed by atoms with Crippen LogP contribution < -0.4 is 5.73 Å². The van der Waals surface area contributed by atoms with Gasteiger partial charge in [0.1, 0.15) is 0 Å². The number of piperidine rings is 1. The Morgan fingerprint density at radius 3 is 2.63 bits per heavy atom. The van der Waals surface area contributed by atoms with Gasteiger partial charge in [-0.05, 0) is 37.7 Å². The van der Waals surface area contributed by atoms with Crippen molar-refractivity contribution in [2.45, 2.75) is 33.6 Å². The van der Waals surface area contributed by atoms with E-state index in [1.54, 1.807) is 12.3 Å². The third kappa shape index (κ3) is 3.06. The molecule has 1 aliphatic rings. The molecule has 0 radical (unpaired) electrons. The van der Waals surface area contributed by atoms with Gasteiger partial charge in [-0.15, -0.1) is 0 Å². The highest BCUT2D eigenvalue weighted by Gasteiger charge is 2.26. The lowest BCUT2D eigenvalue weighted by molar-refractivity contribution is 0.0666. The Morgan fingerprint density at radius 1 is 1.42 bits per heavy atom. The highest BCUT2D eigenvalue weighted by Crippen LogP contribution is 2.25. The molecule has 4 nitrogen and oxygen atoms in total. The molecule has 1 saturated heterocycles. The van der Waals surface area contributed by atoms with Crippen LogP contribution in [-0.4, -0.2) is 28.9 Å². The van der Waals surface area contributed by atoms with E-state index in [4.69, 9.17) is 5.73 Å². The van der Waals surface area contributed by atoms with Crippen molar-refractivity contribution in [3.8, 4) is 0 Å². The van der Waals surface area contributed by atoms with Crippen LogP contribution in [-0.2, 0) is 0 Å². The van der Waals surface area contributed by atoms with Crippen molar-refractivity contribution in [2.75, 3.05) is 18.8 Å². The van der Waals surface area contributed by atoms with Crippen LogP contribution in [0.3, 0.4) is 0 Å². The van der Waals surface area contributed by atoms with Gasteiger partial charge < -0.3 is 10.6 Å². The highest BCUT2D eigenvalue weighted by molar-refractivity contribution is 5.96. The number of carbonyl (C=O) groups is 1. The van der Waals surface area contributed by atoms with Crippen molar-refractivity contribution in [3.05, 3.63) is 23.5 Å². The molecule has 1 aromatic rings. The maximum absolute atomic E-state index is 12.5. The summed E-state index contributed by atoms with van der Waals surface area (Å²) in [5.74, 6) is 1.51. The van der Waals surface area contributed by atoms with Crippen LogP contribution in [0.2, 0.25) is 0 Å². The molecular formula is C15H23N3O. The molecule has 2 N–H and O–H groups in total. The molecule has 1 fully saturated rings. The van der Waals surface area contributed by atoms with Crippen molar-refractivity contribution in [2.24, 2.45) is 11.8 Å². The van der Waals surface area contributed by atoms with Gasteiger partial charge in [0.15, 0.2) is 0 Å². The molecule has 0 atom stereocenters. The Bertz CT molecular complexity index is 462. The number of nitrogens with zero attached hydrogens (tertiary/aromatic N) is 2. The summed E-state index contributed by atoms with van der Waals surface area (Å²) in [5.41, 5.74) is 7.67.